The summed E-state index contributed by atoms with van der Waals surface area (Å²) in [5.41, 5.74) is 5.74. The summed E-state index contributed by atoms with van der Waals surface area (Å²) in [6.07, 6.45) is 4.38. The van der Waals surface area contributed by atoms with Gasteiger partial charge in [-0.25, -0.2) is 4.98 Å². The van der Waals surface area contributed by atoms with Crippen LogP contribution in [0, 0.1) is 11.8 Å². The van der Waals surface area contributed by atoms with E-state index in [0.717, 1.165) is 17.8 Å². The number of carbonyl (C=O) groups is 1. The standard InChI is InChI=1S/C15H27N3OS/c1-5-13-9-17-15(20-13)11(4)18-14(19)7-12(8-16)6-10(2)3/h9-12H,5-8,16H2,1-4H3,(H,18,19)/t11?,12-/m0/s1. The van der Waals surface area contributed by atoms with Crippen molar-refractivity contribution in [1.29, 1.82) is 0 Å². The molecule has 114 valence electrons. The lowest BCUT2D eigenvalue weighted by atomic mass is 9.94. The van der Waals surface area contributed by atoms with Gasteiger partial charge in [-0.15, -0.1) is 11.3 Å². The number of carbonyl (C=O) groups excluding carboxylic acids is 1. The molecule has 1 amide bonds. The minimum atomic E-state index is -0.0229. The van der Waals surface area contributed by atoms with E-state index in [0.29, 0.717) is 18.9 Å². The summed E-state index contributed by atoms with van der Waals surface area (Å²) in [6.45, 7) is 8.97. The van der Waals surface area contributed by atoms with Crippen molar-refractivity contribution in [3.8, 4) is 0 Å². The maximum absolute atomic E-state index is 12.1. The molecule has 0 aliphatic rings. The molecule has 3 N–H and O–H groups in total. The van der Waals surface area contributed by atoms with Crippen LogP contribution in [-0.4, -0.2) is 17.4 Å². The van der Waals surface area contributed by atoms with Gasteiger partial charge >= 0.3 is 0 Å². The van der Waals surface area contributed by atoms with Crippen LogP contribution in [0.4, 0.5) is 0 Å². The highest BCUT2D eigenvalue weighted by molar-refractivity contribution is 7.11. The zero-order valence-electron chi connectivity index (χ0n) is 13.0. The van der Waals surface area contributed by atoms with Crippen LogP contribution in [0.5, 0.6) is 0 Å². The molecule has 0 spiro atoms. The van der Waals surface area contributed by atoms with Crippen molar-refractivity contribution in [1.82, 2.24) is 10.3 Å². The molecule has 0 saturated heterocycles. The highest BCUT2D eigenvalue weighted by Gasteiger charge is 2.17. The fourth-order valence-electron chi connectivity index (χ4n) is 2.24. The average Bonchev–Trinajstić information content (AvgIpc) is 2.86. The summed E-state index contributed by atoms with van der Waals surface area (Å²) in [5.74, 6) is 0.909. The first-order chi connectivity index (χ1) is 9.46. The van der Waals surface area contributed by atoms with Gasteiger partial charge in [0.05, 0.1) is 6.04 Å². The largest absolute Gasteiger partial charge is 0.347 e. The summed E-state index contributed by atoms with van der Waals surface area (Å²) in [7, 11) is 0. The summed E-state index contributed by atoms with van der Waals surface area (Å²) in [5, 5.41) is 4.00. The lowest BCUT2D eigenvalue weighted by molar-refractivity contribution is -0.122. The Bertz CT molecular complexity index is 417. The number of thiazole rings is 1. The molecule has 1 rings (SSSR count). The second-order valence-corrected chi connectivity index (χ2v) is 6.89. The molecule has 0 fully saturated rings. The number of hydrogen-bond donors (Lipinski definition) is 2. The fraction of sp³-hybridized carbons (Fsp3) is 0.733. The van der Waals surface area contributed by atoms with Crippen molar-refractivity contribution in [3.63, 3.8) is 0 Å². The third-order valence-corrected chi connectivity index (χ3v) is 4.60. The molecule has 0 aliphatic heterocycles. The van der Waals surface area contributed by atoms with E-state index in [2.05, 4.69) is 31.1 Å². The Hall–Kier alpha value is -0.940. The van der Waals surface area contributed by atoms with Gasteiger partial charge in [0.15, 0.2) is 0 Å². The van der Waals surface area contributed by atoms with Gasteiger partial charge in [-0.3, -0.25) is 4.79 Å². The zero-order valence-corrected chi connectivity index (χ0v) is 13.8. The number of nitrogens with two attached hydrogens (primary N) is 1. The maximum Gasteiger partial charge on any atom is 0.220 e. The van der Waals surface area contributed by atoms with Crippen LogP contribution in [0.25, 0.3) is 0 Å². The second-order valence-electron chi connectivity index (χ2n) is 5.74. The SMILES string of the molecule is CCc1cnc(C(C)NC(=O)C[C@@H](CN)CC(C)C)s1. The Morgan fingerprint density at radius 1 is 1.45 bits per heavy atom. The molecule has 1 heterocycles. The first-order valence-electron chi connectivity index (χ1n) is 7.40. The van der Waals surface area contributed by atoms with Crippen molar-refractivity contribution in [2.45, 2.75) is 53.0 Å². The van der Waals surface area contributed by atoms with Crippen molar-refractivity contribution < 1.29 is 4.79 Å². The van der Waals surface area contributed by atoms with E-state index >= 15 is 0 Å². The summed E-state index contributed by atoms with van der Waals surface area (Å²) in [6, 6.07) is -0.0229. The third kappa shape index (κ3) is 5.59. The predicted octanol–water partition coefficient (Wildman–Crippen LogP) is 2.89. The normalized spacial score (nSPS) is 14.3. The second kappa shape index (κ2) is 8.37. The topological polar surface area (TPSA) is 68.0 Å². The number of nitrogens with zero attached hydrogens (tertiary/aromatic N) is 1. The molecule has 0 bridgehead atoms. The minimum absolute atomic E-state index is 0.0229. The summed E-state index contributed by atoms with van der Waals surface area (Å²) < 4.78 is 0. The number of nitrogens with one attached hydrogen (secondary N) is 1. The van der Waals surface area contributed by atoms with E-state index in [1.165, 1.54) is 4.88 Å². The van der Waals surface area contributed by atoms with Gasteiger partial charge < -0.3 is 11.1 Å². The van der Waals surface area contributed by atoms with Crippen molar-refractivity contribution in [2.75, 3.05) is 6.54 Å². The summed E-state index contributed by atoms with van der Waals surface area (Å²) >= 11 is 1.67. The molecule has 5 heteroatoms. The van der Waals surface area contributed by atoms with Crippen LogP contribution in [-0.2, 0) is 11.2 Å². The highest BCUT2D eigenvalue weighted by atomic mass is 32.1. The van der Waals surface area contributed by atoms with Gasteiger partial charge in [0.1, 0.15) is 5.01 Å². The van der Waals surface area contributed by atoms with Crippen molar-refractivity contribution in [2.24, 2.45) is 17.6 Å². The van der Waals surface area contributed by atoms with Crippen molar-refractivity contribution in [3.05, 3.63) is 16.1 Å². The molecule has 0 saturated carbocycles. The number of hydrogen-bond acceptors (Lipinski definition) is 4. The molecule has 2 atom stereocenters. The molecule has 4 nitrogen and oxygen atoms in total. The van der Waals surface area contributed by atoms with Crippen molar-refractivity contribution >= 4 is 17.2 Å². The van der Waals surface area contributed by atoms with E-state index in [1.54, 1.807) is 11.3 Å². The fourth-order valence-corrected chi connectivity index (χ4v) is 3.10. The molecule has 1 aromatic rings. The van der Waals surface area contributed by atoms with Crippen LogP contribution in [0.2, 0.25) is 0 Å². The monoisotopic (exact) mass is 297 g/mol. The number of aryl methyl sites for hydroxylation is 1. The van der Waals surface area contributed by atoms with E-state index in [1.807, 2.05) is 13.1 Å². The van der Waals surface area contributed by atoms with Crippen LogP contribution < -0.4 is 11.1 Å². The summed E-state index contributed by atoms with van der Waals surface area (Å²) in [4.78, 5) is 17.7. The molecular weight excluding hydrogens is 270 g/mol. The number of rotatable bonds is 8. The molecule has 0 aliphatic carbocycles. The van der Waals surface area contributed by atoms with Gasteiger partial charge in [-0.1, -0.05) is 20.8 Å². The third-order valence-electron chi connectivity index (χ3n) is 3.28. The first-order valence-corrected chi connectivity index (χ1v) is 8.21. The number of aromatic nitrogens is 1. The Kier molecular flexibility index (Phi) is 7.16. The molecule has 20 heavy (non-hydrogen) atoms. The van der Waals surface area contributed by atoms with Crippen LogP contribution >= 0.6 is 11.3 Å². The van der Waals surface area contributed by atoms with Crippen LogP contribution in [0.1, 0.15) is 56.5 Å². The lowest BCUT2D eigenvalue weighted by Crippen LogP contribution is -2.30. The van der Waals surface area contributed by atoms with Gasteiger partial charge in [-0.05, 0) is 38.1 Å². The molecule has 0 radical (unpaired) electrons. The number of amides is 1. The predicted molar refractivity (Wildman–Crippen MR) is 84.7 cm³/mol. The van der Waals surface area contributed by atoms with Gasteiger partial charge in [-0.2, -0.15) is 0 Å². The Balaban J connectivity index is 2.48. The van der Waals surface area contributed by atoms with E-state index in [4.69, 9.17) is 5.73 Å². The first kappa shape index (κ1) is 17.1. The molecular formula is C15H27N3OS. The quantitative estimate of drug-likeness (QED) is 0.775. The highest BCUT2D eigenvalue weighted by Crippen LogP contribution is 2.21. The van der Waals surface area contributed by atoms with Crippen LogP contribution in [0.15, 0.2) is 6.20 Å². The van der Waals surface area contributed by atoms with Gasteiger partial charge in [0.2, 0.25) is 5.91 Å². The zero-order chi connectivity index (χ0) is 15.1. The maximum atomic E-state index is 12.1. The lowest BCUT2D eigenvalue weighted by Gasteiger charge is -2.18. The van der Waals surface area contributed by atoms with E-state index < -0.39 is 0 Å². The minimum Gasteiger partial charge on any atom is -0.347 e. The average molecular weight is 297 g/mol. The van der Waals surface area contributed by atoms with Crippen LogP contribution in [0.3, 0.4) is 0 Å². The Morgan fingerprint density at radius 2 is 2.15 bits per heavy atom. The Labute approximate surface area is 126 Å². The smallest absolute Gasteiger partial charge is 0.220 e. The van der Waals surface area contributed by atoms with Gasteiger partial charge in [0.25, 0.3) is 0 Å². The molecule has 1 unspecified atom stereocenters. The molecule has 0 aromatic carbocycles. The molecule has 1 aromatic heterocycles. The van der Waals surface area contributed by atoms with E-state index in [9.17, 15) is 4.79 Å². The van der Waals surface area contributed by atoms with Gasteiger partial charge in [0, 0.05) is 17.5 Å². The van der Waals surface area contributed by atoms with E-state index in [-0.39, 0.29) is 17.9 Å². The Morgan fingerprint density at radius 3 is 2.65 bits per heavy atom.